The van der Waals surface area contributed by atoms with E-state index in [2.05, 4.69) is 23.6 Å². The lowest BCUT2D eigenvalue weighted by Gasteiger charge is -2.38. The van der Waals surface area contributed by atoms with E-state index < -0.39 is 10.9 Å². The van der Waals surface area contributed by atoms with Crippen LogP contribution in [0.5, 0.6) is 0 Å². The molecule has 0 saturated carbocycles. The number of piperidine rings is 1. The summed E-state index contributed by atoms with van der Waals surface area (Å²) in [6, 6.07) is 1.23. The van der Waals surface area contributed by atoms with Crippen LogP contribution in [0.4, 0.5) is 11.5 Å². The van der Waals surface area contributed by atoms with Crippen LogP contribution in [0.15, 0.2) is 12.3 Å². The van der Waals surface area contributed by atoms with E-state index in [1.807, 2.05) is 4.90 Å². The molecule has 0 N–H and O–H groups in total. The standard InChI is InChI=1S/C14H19N3O4/c1-14(2)5-4-6-16(9-14)12-11(17(19)20)7-10(8-15-12)13(18)21-3/h7-8H,4-6,9H2,1-3H3. The van der Waals surface area contributed by atoms with Gasteiger partial charge in [0.1, 0.15) is 0 Å². The first-order chi connectivity index (χ1) is 9.84. The van der Waals surface area contributed by atoms with Crippen molar-refractivity contribution in [3.05, 3.63) is 27.9 Å². The van der Waals surface area contributed by atoms with Gasteiger partial charge in [0.15, 0.2) is 0 Å². The molecule has 0 amide bonds. The molecule has 1 aliphatic heterocycles. The van der Waals surface area contributed by atoms with Gasteiger partial charge in [-0.2, -0.15) is 0 Å². The van der Waals surface area contributed by atoms with E-state index in [0.717, 1.165) is 19.4 Å². The Balaban J connectivity index is 2.39. The van der Waals surface area contributed by atoms with Gasteiger partial charge in [-0.25, -0.2) is 9.78 Å². The molecule has 2 heterocycles. The molecule has 21 heavy (non-hydrogen) atoms. The zero-order valence-corrected chi connectivity index (χ0v) is 12.5. The number of pyridine rings is 1. The number of aromatic nitrogens is 1. The zero-order chi connectivity index (χ0) is 15.6. The number of nitrogens with zero attached hydrogens (tertiary/aromatic N) is 3. The van der Waals surface area contributed by atoms with Gasteiger partial charge in [0.05, 0.1) is 17.6 Å². The fourth-order valence-corrected chi connectivity index (χ4v) is 2.66. The number of rotatable bonds is 3. The Bertz CT molecular complexity index is 571. The summed E-state index contributed by atoms with van der Waals surface area (Å²) in [4.78, 5) is 28.3. The summed E-state index contributed by atoms with van der Waals surface area (Å²) in [5.41, 5.74) is 0.0225. The molecule has 1 aliphatic rings. The van der Waals surface area contributed by atoms with Crippen molar-refractivity contribution >= 4 is 17.5 Å². The highest BCUT2D eigenvalue weighted by atomic mass is 16.6. The largest absolute Gasteiger partial charge is 0.465 e. The fraction of sp³-hybridized carbons (Fsp3) is 0.571. The van der Waals surface area contributed by atoms with Gasteiger partial charge < -0.3 is 9.64 Å². The number of esters is 1. The van der Waals surface area contributed by atoms with E-state index >= 15 is 0 Å². The van der Waals surface area contributed by atoms with Crippen LogP contribution in [0.3, 0.4) is 0 Å². The lowest BCUT2D eigenvalue weighted by atomic mass is 9.84. The van der Waals surface area contributed by atoms with Gasteiger partial charge in [-0.1, -0.05) is 13.8 Å². The number of carbonyl (C=O) groups is 1. The third kappa shape index (κ3) is 3.29. The molecule has 7 nitrogen and oxygen atoms in total. The third-order valence-electron chi connectivity index (χ3n) is 3.67. The van der Waals surface area contributed by atoms with Crippen LogP contribution in [0, 0.1) is 15.5 Å². The molecule has 2 rings (SSSR count). The molecule has 0 radical (unpaired) electrons. The Morgan fingerprint density at radius 1 is 1.52 bits per heavy atom. The Morgan fingerprint density at radius 3 is 2.81 bits per heavy atom. The Labute approximate surface area is 123 Å². The minimum atomic E-state index is -0.629. The summed E-state index contributed by atoms with van der Waals surface area (Å²) < 4.78 is 4.57. The summed E-state index contributed by atoms with van der Waals surface area (Å²) in [6.45, 7) is 5.70. The van der Waals surface area contributed by atoms with Crippen LogP contribution < -0.4 is 4.90 Å². The molecule has 1 fully saturated rings. The second kappa shape index (κ2) is 5.67. The average Bonchev–Trinajstić information content (AvgIpc) is 2.44. The molecule has 114 valence electrons. The molecule has 1 aromatic heterocycles. The lowest BCUT2D eigenvalue weighted by molar-refractivity contribution is -0.384. The Kier molecular flexibility index (Phi) is 4.11. The Morgan fingerprint density at radius 2 is 2.24 bits per heavy atom. The number of ether oxygens (including phenoxy) is 1. The van der Waals surface area contributed by atoms with E-state index in [1.165, 1.54) is 19.4 Å². The van der Waals surface area contributed by atoms with Crippen molar-refractivity contribution in [2.75, 3.05) is 25.1 Å². The van der Waals surface area contributed by atoms with Gasteiger partial charge in [-0.3, -0.25) is 10.1 Å². The first-order valence-corrected chi connectivity index (χ1v) is 6.82. The van der Waals surface area contributed by atoms with Crippen molar-refractivity contribution in [2.45, 2.75) is 26.7 Å². The fourth-order valence-electron chi connectivity index (χ4n) is 2.66. The molecule has 0 aromatic carbocycles. The topological polar surface area (TPSA) is 85.6 Å². The van der Waals surface area contributed by atoms with E-state index in [1.54, 1.807) is 0 Å². The molecule has 0 spiro atoms. The van der Waals surface area contributed by atoms with Crippen molar-refractivity contribution in [2.24, 2.45) is 5.41 Å². The van der Waals surface area contributed by atoms with Gasteiger partial charge in [0, 0.05) is 25.4 Å². The maximum atomic E-state index is 11.5. The lowest BCUT2D eigenvalue weighted by Crippen LogP contribution is -2.40. The van der Waals surface area contributed by atoms with Crippen molar-refractivity contribution in [3.8, 4) is 0 Å². The molecule has 1 aromatic rings. The maximum absolute atomic E-state index is 11.5. The average molecular weight is 293 g/mol. The zero-order valence-electron chi connectivity index (χ0n) is 12.5. The summed E-state index contributed by atoms with van der Waals surface area (Å²) in [6.07, 6.45) is 3.37. The van der Waals surface area contributed by atoms with Gasteiger partial charge in [-0.05, 0) is 18.3 Å². The SMILES string of the molecule is COC(=O)c1cnc(N2CCCC(C)(C)C2)c([N+](=O)[O-])c1. The molecular formula is C14H19N3O4. The van der Waals surface area contributed by atoms with E-state index in [0.29, 0.717) is 12.4 Å². The van der Waals surface area contributed by atoms with Crippen LogP contribution in [0.25, 0.3) is 0 Å². The van der Waals surface area contributed by atoms with Gasteiger partial charge in [0.25, 0.3) is 0 Å². The first-order valence-electron chi connectivity index (χ1n) is 6.82. The van der Waals surface area contributed by atoms with Crippen LogP contribution in [-0.2, 0) is 4.74 Å². The highest BCUT2D eigenvalue weighted by molar-refractivity contribution is 5.90. The summed E-state index contributed by atoms with van der Waals surface area (Å²) in [7, 11) is 1.23. The number of methoxy groups -OCH3 is 1. The predicted octanol–water partition coefficient (Wildman–Crippen LogP) is 2.40. The monoisotopic (exact) mass is 293 g/mol. The third-order valence-corrected chi connectivity index (χ3v) is 3.67. The van der Waals surface area contributed by atoms with Crippen molar-refractivity contribution in [1.82, 2.24) is 4.98 Å². The number of hydrogen-bond donors (Lipinski definition) is 0. The molecule has 0 bridgehead atoms. The number of carbonyl (C=O) groups excluding carboxylic acids is 1. The maximum Gasteiger partial charge on any atom is 0.339 e. The molecule has 1 saturated heterocycles. The number of anilines is 1. The van der Waals surface area contributed by atoms with E-state index in [9.17, 15) is 14.9 Å². The van der Waals surface area contributed by atoms with Crippen molar-refractivity contribution < 1.29 is 14.5 Å². The molecule has 7 heteroatoms. The van der Waals surface area contributed by atoms with Crippen LogP contribution >= 0.6 is 0 Å². The quantitative estimate of drug-likeness (QED) is 0.483. The second-order valence-electron chi connectivity index (χ2n) is 6.00. The summed E-state index contributed by atoms with van der Waals surface area (Å²) in [5, 5.41) is 11.3. The molecule has 0 atom stereocenters. The van der Waals surface area contributed by atoms with E-state index in [-0.39, 0.29) is 16.7 Å². The van der Waals surface area contributed by atoms with Crippen molar-refractivity contribution in [3.63, 3.8) is 0 Å². The second-order valence-corrected chi connectivity index (χ2v) is 6.00. The van der Waals surface area contributed by atoms with Gasteiger partial charge in [0.2, 0.25) is 5.82 Å². The predicted molar refractivity (Wildman–Crippen MR) is 77.5 cm³/mol. The molecule has 0 unspecified atom stereocenters. The minimum absolute atomic E-state index is 0.0872. The molecular weight excluding hydrogens is 274 g/mol. The summed E-state index contributed by atoms with van der Waals surface area (Å²) in [5.74, 6) is -0.309. The van der Waals surface area contributed by atoms with Gasteiger partial charge in [-0.15, -0.1) is 0 Å². The molecule has 0 aliphatic carbocycles. The Hall–Kier alpha value is -2.18. The normalized spacial score (nSPS) is 17.4. The van der Waals surface area contributed by atoms with Crippen LogP contribution in [-0.4, -0.2) is 36.1 Å². The van der Waals surface area contributed by atoms with Crippen LogP contribution in [0.1, 0.15) is 37.0 Å². The number of hydrogen-bond acceptors (Lipinski definition) is 6. The minimum Gasteiger partial charge on any atom is -0.465 e. The van der Waals surface area contributed by atoms with Crippen molar-refractivity contribution in [1.29, 1.82) is 0 Å². The van der Waals surface area contributed by atoms with Crippen LogP contribution in [0.2, 0.25) is 0 Å². The smallest absolute Gasteiger partial charge is 0.339 e. The highest BCUT2D eigenvalue weighted by Gasteiger charge is 2.31. The highest BCUT2D eigenvalue weighted by Crippen LogP contribution is 2.34. The van der Waals surface area contributed by atoms with E-state index in [4.69, 9.17) is 0 Å². The summed E-state index contributed by atoms with van der Waals surface area (Å²) >= 11 is 0. The van der Waals surface area contributed by atoms with Gasteiger partial charge >= 0.3 is 11.7 Å². The first kappa shape index (κ1) is 15.2. The number of nitro groups is 1.